The molecule has 0 aliphatic heterocycles. The molecule has 2 rings (SSSR count). The van der Waals surface area contributed by atoms with Crippen LogP contribution in [0, 0.1) is 11.3 Å². The van der Waals surface area contributed by atoms with E-state index >= 15 is 0 Å². The van der Waals surface area contributed by atoms with Crippen LogP contribution < -0.4 is 0 Å². The van der Waals surface area contributed by atoms with E-state index in [0.29, 0.717) is 10.6 Å². The zero-order valence-electron chi connectivity index (χ0n) is 9.43. The van der Waals surface area contributed by atoms with Crippen LogP contribution in [0.4, 0.5) is 0 Å². The number of aliphatic hydroxyl groups is 1. The lowest BCUT2D eigenvalue weighted by molar-refractivity contribution is 0.281. The quantitative estimate of drug-likeness (QED) is 0.925. The van der Waals surface area contributed by atoms with E-state index in [1.807, 2.05) is 30.3 Å². The molecular weight excluding hydrogens is 266 g/mol. The molecule has 1 N–H and O–H groups in total. The molecule has 2 aromatic carbocycles. The van der Waals surface area contributed by atoms with Crippen LogP contribution in [0.15, 0.2) is 52.3 Å². The molecule has 0 saturated carbocycles. The summed E-state index contributed by atoms with van der Waals surface area (Å²) in [5.74, 6) is 0. The summed E-state index contributed by atoms with van der Waals surface area (Å²) in [6.45, 7) is -0.0638. The molecule has 0 aliphatic rings. The van der Waals surface area contributed by atoms with Crippen LogP contribution in [0.3, 0.4) is 0 Å². The van der Waals surface area contributed by atoms with Gasteiger partial charge in [0.05, 0.1) is 17.2 Å². The summed E-state index contributed by atoms with van der Waals surface area (Å²) < 4.78 is 0. The summed E-state index contributed by atoms with van der Waals surface area (Å²) in [6, 6.07) is 15.0. The first-order valence-electron chi connectivity index (χ1n) is 5.31. The van der Waals surface area contributed by atoms with Gasteiger partial charge in [0.15, 0.2) is 0 Å². The number of benzene rings is 2. The van der Waals surface area contributed by atoms with Gasteiger partial charge in [0.1, 0.15) is 6.07 Å². The van der Waals surface area contributed by atoms with Gasteiger partial charge >= 0.3 is 0 Å². The van der Waals surface area contributed by atoms with Gasteiger partial charge in [0.25, 0.3) is 0 Å². The van der Waals surface area contributed by atoms with Crippen LogP contribution in [0.1, 0.15) is 11.1 Å². The molecule has 0 unspecified atom stereocenters. The Morgan fingerprint density at radius 1 is 1.17 bits per heavy atom. The predicted molar refractivity (Wildman–Crippen MR) is 72.7 cm³/mol. The third-order valence-electron chi connectivity index (χ3n) is 2.40. The van der Waals surface area contributed by atoms with E-state index in [2.05, 4.69) is 6.07 Å². The molecule has 0 atom stereocenters. The topological polar surface area (TPSA) is 44.0 Å². The van der Waals surface area contributed by atoms with Gasteiger partial charge in [-0.25, -0.2) is 0 Å². The molecule has 0 aliphatic carbocycles. The third kappa shape index (κ3) is 2.85. The second kappa shape index (κ2) is 5.92. The largest absolute Gasteiger partial charge is 0.392 e. The van der Waals surface area contributed by atoms with Crippen LogP contribution in [-0.4, -0.2) is 5.11 Å². The van der Waals surface area contributed by atoms with Crippen LogP contribution in [0.2, 0.25) is 5.02 Å². The fourth-order valence-electron chi connectivity index (χ4n) is 1.50. The van der Waals surface area contributed by atoms with Gasteiger partial charge in [0.2, 0.25) is 0 Å². The van der Waals surface area contributed by atoms with Crippen molar-refractivity contribution in [3.63, 3.8) is 0 Å². The van der Waals surface area contributed by atoms with Crippen molar-refractivity contribution >= 4 is 23.4 Å². The molecular formula is C14H10ClNOS. The van der Waals surface area contributed by atoms with Gasteiger partial charge < -0.3 is 5.11 Å². The highest BCUT2D eigenvalue weighted by Crippen LogP contribution is 2.35. The maximum atomic E-state index is 9.11. The van der Waals surface area contributed by atoms with Crippen LogP contribution in [0.25, 0.3) is 0 Å². The van der Waals surface area contributed by atoms with Crippen molar-refractivity contribution in [3.05, 3.63) is 58.6 Å². The Labute approximate surface area is 115 Å². The van der Waals surface area contributed by atoms with Gasteiger partial charge in [0, 0.05) is 9.79 Å². The van der Waals surface area contributed by atoms with Crippen molar-refractivity contribution in [3.8, 4) is 6.07 Å². The minimum absolute atomic E-state index is 0.0638. The van der Waals surface area contributed by atoms with E-state index in [1.54, 1.807) is 12.1 Å². The van der Waals surface area contributed by atoms with Crippen molar-refractivity contribution in [2.75, 3.05) is 0 Å². The second-order valence-corrected chi connectivity index (χ2v) is 5.12. The van der Waals surface area contributed by atoms with Gasteiger partial charge in [-0.2, -0.15) is 5.26 Å². The lowest BCUT2D eigenvalue weighted by atomic mass is 10.1. The molecule has 0 saturated heterocycles. The molecule has 2 nitrogen and oxygen atoms in total. The summed E-state index contributed by atoms with van der Waals surface area (Å²) in [4.78, 5) is 1.75. The molecule has 0 spiro atoms. The molecule has 18 heavy (non-hydrogen) atoms. The number of nitrogens with zero attached hydrogens (tertiary/aromatic N) is 1. The highest BCUT2D eigenvalue weighted by molar-refractivity contribution is 7.99. The molecule has 0 radical (unpaired) electrons. The Balaban J connectivity index is 2.35. The first-order valence-corrected chi connectivity index (χ1v) is 6.50. The zero-order chi connectivity index (χ0) is 13.0. The summed E-state index contributed by atoms with van der Waals surface area (Å²) >= 11 is 7.53. The number of hydrogen-bond acceptors (Lipinski definition) is 3. The molecule has 0 amide bonds. The Hall–Kier alpha value is -1.47. The zero-order valence-corrected chi connectivity index (χ0v) is 11.0. The van der Waals surface area contributed by atoms with E-state index in [0.717, 1.165) is 15.4 Å². The Morgan fingerprint density at radius 3 is 2.61 bits per heavy atom. The number of aliphatic hydroxyl groups excluding tert-OH is 1. The molecule has 4 heteroatoms. The number of halogens is 1. The lowest BCUT2D eigenvalue weighted by Gasteiger charge is -2.06. The van der Waals surface area contributed by atoms with Gasteiger partial charge in [-0.3, -0.25) is 0 Å². The average Bonchev–Trinajstić information content (AvgIpc) is 2.41. The van der Waals surface area contributed by atoms with Crippen molar-refractivity contribution in [1.29, 1.82) is 5.26 Å². The highest BCUT2D eigenvalue weighted by Gasteiger charge is 2.07. The smallest absolute Gasteiger partial charge is 0.100 e. The van der Waals surface area contributed by atoms with Crippen molar-refractivity contribution < 1.29 is 5.11 Å². The fraction of sp³-hybridized carbons (Fsp3) is 0.0714. The Bertz CT molecular complexity index is 607. The standard InChI is InChI=1S/C14H10ClNOS/c15-12-3-1-2-4-14(12)18-13-6-5-10(9-17)7-11(13)8-16/h1-7,17H,9H2. The van der Waals surface area contributed by atoms with Crippen LogP contribution in [0.5, 0.6) is 0 Å². The van der Waals surface area contributed by atoms with E-state index in [1.165, 1.54) is 11.8 Å². The van der Waals surface area contributed by atoms with Crippen molar-refractivity contribution in [2.24, 2.45) is 0 Å². The van der Waals surface area contributed by atoms with Crippen molar-refractivity contribution in [1.82, 2.24) is 0 Å². The van der Waals surface area contributed by atoms with Crippen LogP contribution >= 0.6 is 23.4 Å². The predicted octanol–water partition coefficient (Wildman–Crippen LogP) is 3.86. The van der Waals surface area contributed by atoms with Crippen molar-refractivity contribution in [2.45, 2.75) is 16.4 Å². The molecule has 0 heterocycles. The first kappa shape index (κ1) is 13.0. The van der Waals surface area contributed by atoms with E-state index in [4.69, 9.17) is 22.0 Å². The summed E-state index contributed by atoms with van der Waals surface area (Å²) in [5.41, 5.74) is 1.28. The summed E-state index contributed by atoms with van der Waals surface area (Å²) in [7, 11) is 0. The normalized spacial score (nSPS) is 10.1. The minimum atomic E-state index is -0.0638. The van der Waals surface area contributed by atoms with Gasteiger partial charge in [-0.05, 0) is 29.8 Å². The molecule has 2 aromatic rings. The molecule has 0 bridgehead atoms. The minimum Gasteiger partial charge on any atom is -0.392 e. The SMILES string of the molecule is N#Cc1cc(CO)ccc1Sc1ccccc1Cl. The average molecular weight is 276 g/mol. The van der Waals surface area contributed by atoms with E-state index in [-0.39, 0.29) is 6.61 Å². The number of nitriles is 1. The second-order valence-electron chi connectivity index (χ2n) is 3.63. The van der Waals surface area contributed by atoms with Gasteiger partial charge in [-0.1, -0.05) is 41.6 Å². The molecule has 0 fully saturated rings. The molecule has 90 valence electrons. The maximum Gasteiger partial charge on any atom is 0.100 e. The van der Waals surface area contributed by atoms with E-state index < -0.39 is 0 Å². The van der Waals surface area contributed by atoms with E-state index in [9.17, 15) is 0 Å². The summed E-state index contributed by atoms with van der Waals surface area (Å²) in [5, 5.41) is 18.8. The number of hydrogen-bond donors (Lipinski definition) is 1. The third-order valence-corrected chi connectivity index (χ3v) is 4.00. The van der Waals surface area contributed by atoms with Crippen LogP contribution in [-0.2, 0) is 6.61 Å². The monoisotopic (exact) mass is 275 g/mol. The molecule has 0 aromatic heterocycles. The first-order chi connectivity index (χ1) is 8.74. The lowest BCUT2D eigenvalue weighted by Crippen LogP contribution is -1.87. The Morgan fingerprint density at radius 2 is 1.94 bits per heavy atom. The highest BCUT2D eigenvalue weighted by atomic mass is 35.5. The van der Waals surface area contributed by atoms with Gasteiger partial charge in [-0.15, -0.1) is 0 Å². The number of rotatable bonds is 3. The maximum absolute atomic E-state index is 9.11. The summed E-state index contributed by atoms with van der Waals surface area (Å²) in [6.07, 6.45) is 0. The Kier molecular flexibility index (Phi) is 4.27. The fourth-order valence-corrected chi connectivity index (χ4v) is 2.65.